The molecule has 124 valence electrons. The highest BCUT2D eigenvalue weighted by molar-refractivity contribution is 14.0. The van der Waals surface area contributed by atoms with Crippen molar-refractivity contribution >= 4 is 35.6 Å². The highest BCUT2D eigenvalue weighted by atomic mass is 127. The van der Waals surface area contributed by atoms with Crippen LogP contribution in [0.5, 0.6) is 5.88 Å². The van der Waals surface area contributed by atoms with E-state index in [0.717, 1.165) is 24.1 Å². The van der Waals surface area contributed by atoms with E-state index in [4.69, 9.17) is 10.5 Å². The van der Waals surface area contributed by atoms with Gasteiger partial charge in [-0.05, 0) is 24.6 Å². The normalized spacial score (nSPS) is 10.7. The lowest BCUT2D eigenvalue weighted by molar-refractivity contribution is 0.294. The lowest BCUT2D eigenvalue weighted by atomic mass is 10.2. The van der Waals surface area contributed by atoms with Crippen molar-refractivity contribution in [3.05, 3.63) is 54.2 Å². The molecule has 0 radical (unpaired) electrons. The molecule has 1 heterocycles. The molecule has 2 rings (SSSR count). The van der Waals surface area contributed by atoms with E-state index in [-0.39, 0.29) is 24.0 Å². The minimum Gasteiger partial charge on any atom is -0.477 e. The van der Waals surface area contributed by atoms with Crippen LogP contribution < -0.4 is 15.8 Å². The Morgan fingerprint density at radius 3 is 2.74 bits per heavy atom. The van der Waals surface area contributed by atoms with Gasteiger partial charge >= 0.3 is 0 Å². The van der Waals surface area contributed by atoms with E-state index in [1.54, 1.807) is 6.20 Å². The number of halogens is 1. The van der Waals surface area contributed by atoms with Gasteiger partial charge in [0.25, 0.3) is 0 Å². The molecule has 0 aliphatic carbocycles. The fraction of sp³-hybridized carbons (Fsp3) is 0.294. The Morgan fingerprint density at radius 1 is 1.22 bits per heavy atom. The Hall–Kier alpha value is -1.83. The Morgan fingerprint density at radius 2 is 2.00 bits per heavy atom. The van der Waals surface area contributed by atoms with Crippen LogP contribution in [-0.4, -0.2) is 17.6 Å². The van der Waals surface area contributed by atoms with Gasteiger partial charge in [0.1, 0.15) is 0 Å². The molecule has 0 spiro atoms. The first kappa shape index (κ1) is 19.2. The van der Waals surface area contributed by atoms with Crippen LogP contribution in [0.3, 0.4) is 0 Å². The monoisotopic (exact) mass is 426 g/mol. The van der Waals surface area contributed by atoms with E-state index in [1.165, 1.54) is 0 Å². The number of para-hydroxylation sites is 1. The summed E-state index contributed by atoms with van der Waals surface area (Å²) in [5.74, 6) is 1.00. The maximum Gasteiger partial charge on any atom is 0.218 e. The van der Waals surface area contributed by atoms with E-state index < -0.39 is 0 Å². The van der Waals surface area contributed by atoms with Crippen LogP contribution in [-0.2, 0) is 6.54 Å². The van der Waals surface area contributed by atoms with Crippen molar-refractivity contribution in [2.45, 2.75) is 26.3 Å². The zero-order valence-corrected chi connectivity index (χ0v) is 15.6. The molecule has 0 bridgehead atoms. The van der Waals surface area contributed by atoms with E-state index in [0.29, 0.717) is 25.0 Å². The van der Waals surface area contributed by atoms with Crippen molar-refractivity contribution in [1.82, 2.24) is 4.98 Å². The summed E-state index contributed by atoms with van der Waals surface area (Å²) in [5, 5.41) is 3.05. The fourth-order valence-electron chi connectivity index (χ4n) is 1.87. The van der Waals surface area contributed by atoms with Gasteiger partial charge in [-0.3, -0.25) is 0 Å². The number of nitrogens with two attached hydrogens (primary N) is 1. The van der Waals surface area contributed by atoms with E-state index in [2.05, 4.69) is 22.2 Å². The van der Waals surface area contributed by atoms with Crippen LogP contribution in [0.4, 0.5) is 5.69 Å². The Kier molecular flexibility index (Phi) is 9.04. The van der Waals surface area contributed by atoms with Crippen LogP contribution in [0.25, 0.3) is 0 Å². The van der Waals surface area contributed by atoms with Crippen molar-refractivity contribution in [2.75, 3.05) is 11.9 Å². The Balaban J connectivity index is 0.00000264. The second-order valence-electron chi connectivity index (χ2n) is 4.86. The average Bonchev–Trinajstić information content (AvgIpc) is 2.55. The number of hydrogen-bond acceptors (Lipinski definition) is 3. The van der Waals surface area contributed by atoms with Gasteiger partial charge in [0, 0.05) is 17.4 Å². The minimum absolute atomic E-state index is 0. The molecule has 0 saturated carbocycles. The molecule has 0 fully saturated rings. The summed E-state index contributed by atoms with van der Waals surface area (Å²) in [7, 11) is 0. The molecule has 0 aliphatic rings. The maximum absolute atomic E-state index is 5.90. The van der Waals surface area contributed by atoms with Crippen LogP contribution >= 0.6 is 24.0 Å². The molecular formula is C17H23IN4O. The molecule has 0 aliphatic heterocycles. The van der Waals surface area contributed by atoms with Crippen LogP contribution in [0.15, 0.2) is 53.7 Å². The number of anilines is 1. The number of benzene rings is 1. The number of guanidine groups is 1. The topological polar surface area (TPSA) is 72.5 Å². The second kappa shape index (κ2) is 10.8. The van der Waals surface area contributed by atoms with Gasteiger partial charge in [-0.25, -0.2) is 9.98 Å². The molecule has 2 aromatic rings. The van der Waals surface area contributed by atoms with Gasteiger partial charge in [-0.2, -0.15) is 0 Å². The summed E-state index contributed by atoms with van der Waals surface area (Å²) in [5.41, 5.74) is 7.74. The Bertz CT molecular complexity index is 605. The molecule has 0 amide bonds. The molecule has 6 heteroatoms. The summed E-state index contributed by atoms with van der Waals surface area (Å²) in [4.78, 5) is 8.60. The number of nitrogens with zero attached hydrogens (tertiary/aromatic N) is 2. The zero-order chi connectivity index (χ0) is 15.6. The van der Waals surface area contributed by atoms with E-state index in [1.807, 2.05) is 42.5 Å². The standard InChI is InChI=1S/C17H22N4O.HI/c1-2-3-12-22-16-14(8-7-11-19-16)13-20-17(18)21-15-9-5-4-6-10-15;/h4-11H,2-3,12-13H2,1H3,(H3,18,20,21);1H. The molecule has 5 nitrogen and oxygen atoms in total. The summed E-state index contributed by atoms with van der Waals surface area (Å²) < 4.78 is 5.69. The molecule has 0 saturated heterocycles. The van der Waals surface area contributed by atoms with Gasteiger partial charge in [-0.1, -0.05) is 37.6 Å². The third kappa shape index (κ3) is 6.85. The third-order valence-corrected chi connectivity index (χ3v) is 3.05. The van der Waals surface area contributed by atoms with Gasteiger partial charge in [-0.15, -0.1) is 24.0 Å². The first-order valence-electron chi connectivity index (χ1n) is 7.48. The highest BCUT2D eigenvalue weighted by Crippen LogP contribution is 2.16. The van der Waals surface area contributed by atoms with Crippen molar-refractivity contribution in [3.8, 4) is 5.88 Å². The van der Waals surface area contributed by atoms with Gasteiger partial charge in [0.2, 0.25) is 5.88 Å². The van der Waals surface area contributed by atoms with Crippen molar-refractivity contribution in [3.63, 3.8) is 0 Å². The first-order valence-corrected chi connectivity index (χ1v) is 7.48. The molecule has 23 heavy (non-hydrogen) atoms. The number of aromatic nitrogens is 1. The zero-order valence-electron chi connectivity index (χ0n) is 13.2. The summed E-state index contributed by atoms with van der Waals surface area (Å²) in [6, 6.07) is 13.5. The molecule has 0 atom stereocenters. The largest absolute Gasteiger partial charge is 0.477 e. The fourth-order valence-corrected chi connectivity index (χ4v) is 1.87. The molecule has 0 unspecified atom stereocenters. The SMILES string of the molecule is CCCCOc1ncccc1CN=C(N)Nc1ccccc1.I. The first-order chi connectivity index (χ1) is 10.8. The number of ether oxygens (including phenoxy) is 1. The summed E-state index contributed by atoms with van der Waals surface area (Å²) in [6.45, 7) is 3.23. The minimum atomic E-state index is 0. The molecular weight excluding hydrogens is 403 g/mol. The predicted octanol–water partition coefficient (Wildman–Crippen LogP) is 3.81. The Labute approximate surface area is 154 Å². The lowest BCUT2D eigenvalue weighted by Gasteiger charge is -2.09. The number of aliphatic imine (C=N–C) groups is 1. The number of pyridine rings is 1. The maximum atomic E-state index is 5.90. The number of rotatable bonds is 7. The molecule has 1 aromatic carbocycles. The van der Waals surface area contributed by atoms with Crippen molar-refractivity contribution < 1.29 is 4.74 Å². The van der Waals surface area contributed by atoms with E-state index >= 15 is 0 Å². The smallest absolute Gasteiger partial charge is 0.218 e. The predicted molar refractivity (Wildman–Crippen MR) is 105 cm³/mol. The van der Waals surface area contributed by atoms with Crippen LogP contribution in [0.1, 0.15) is 25.3 Å². The third-order valence-electron chi connectivity index (χ3n) is 3.05. The molecule has 1 aromatic heterocycles. The number of unbranched alkanes of at least 4 members (excludes halogenated alkanes) is 1. The van der Waals surface area contributed by atoms with Gasteiger partial charge in [0.15, 0.2) is 5.96 Å². The summed E-state index contributed by atoms with van der Waals surface area (Å²) in [6.07, 6.45) is 3.82. The summed E-state index contributed by atoms with van der Waals surface area (Å²) >= 11 is 0. The van der Waals surface area contributed by atoms with Crippen molar-refractivity contribution in [2.24, 2.45) is 10.7 Å². The average molecular weight is 426 g/mol. The van der Waals surface area contributed by atoms with Crippen LogP contribution in [0.2, 0.25) is 0 Å². The van der Waals surface area contributed by atoms with Gasteiger partial charge < -0.3 is 15.8 Å². The number of hydrogen-bond donors (Lipinski definition) is 2. The lowest BCUT2D eigenvalue weighted by Crippen LogP contribution is -2.22. The number of nitrogens with one attached hydrogen (secondary N) is 1. The van der Waals surface area contributed by atoms with Crippen molar-refractivity contribution in [1.29, 1.82) is 0 Å². The second-order valence-corrected chi connectivity index (χ2v) is 4.86. The molecule has 3 N–H and O–H groups in total. The highest BCUT2D eigenvalue weighted by Gasteiger charge is 2.04. The van der Waals surface area contributed by atoms with Crippen LogP contribution in [0, 0.1) is 0 Å². The van der Waals surface area contributed by atoms with E-state index in [9.17, 15) is 0 Å². The quantitative estimate of drug-likeness (QED) is 0.306. The van der Waals surface area contributed by atoms with Gasteiger partial charge in [0.05, 0.1) is 13.2 Å².